The number of aryl methyl sites for hydroxylation is 1. The van der Waals surface area contributed by atoms with Gasteiger partial charge in [-0.25, -0.2) is 4.98 Å². The van der Waals surface area contributed by atoms with Crippen LogP contribution in [0.4, 0.5) is 0 Å². The summed E-state index contributed by atoms with van der Waals surface area (Å²) in [5.74, 6) is 1.49. The molecule has 0 N–H and O–H groups in total. The molecule has 1 aliphatic rings. The Balaban J connectivity index is 1.37. The van der Waals surface area contributed by atoms with E-state index in [0.29, 0.717) is 23.3 Å². The van der Waals surface area contributed by atoms with Gasteiger partial charge in [-0.1, -0.05) is 35.0 Å². The highest BCUT2D eigenvalue weighted by Crippen LogP contribution is 2.28. The summed E-state index contributed by atoms with van der Waals surface area (Å²) in [6, 6.07) is 8.67. The molecule has 0 unspecified atom stereocenters. The maximum absolute atomic E-state index is 5.38. The van der Waals surface area contributed by atoms with Crippen LogP contribution in [0.15, 0.2) is 47.4 Å². The highest BCUT2D eigenvalue weighted by molar-refractivity contribution is 5.45. The van der Waals surface area contributed by atoms with Crippen LogP contribution in [0, 0.1) is 6.92 Å². The summed E-state index contributed by atoms with van der Waals surface area (Å²) in [4.78, 5) is 15.0. The minimum absolute atomic E-state index is 0.304. The van der Waals surface area contributed by atoms with Crippen molar-refractivity contribution in [1.29, 1.82) is 0 Å². The van der Waals surface area contributed by atoms with E-state index in [0.717, 1.165) is 19.6 Å². The summed E-state index contributed by atoms with van der Waals surface area (Å²) < 4.78 is 5.38. The van der Waals surface area contributed by atoms with E-state index in [9.17, 15) is 0 Å². The quantitative estimate of drug-likeness (QED) is 0.737. The van der Waals surface area contributed by atoms with Gasteiger partial charge in [-0.05, 0) is 12.5 Å². The van der Waals surface area contributed by atoms with Crippen molar-refractivity contribution < 1.29 is 4.52 Å². The molecule has 4 rings (SSSR count). The molecular weight excluding hydrogens is 290 g/mol. The zero-order chi connectivity index (χ0) is 15.6. The van der Waals surface area contributed by atoms with Crippen LogP contribution in [-0.4, -0.2) is 38.1 Å². The Bertz CT molecular complexity index is 778. The molecule has 116 valence electrons. The van der Waals surface area contributed by atoms with Gasteiger partial charge in [0.05, 0.1) is 12.1 Å². The van der Waals surface area contributed by atoms with Gasteiger partial charge in [0.15, 0.2) is 0 Å². The molecule has 1 aliphatic heterocycles. The van der Waals surface area contributed by atoms with Gasteiger partial charge in [0.1, 0.15) is 5.69 Å². The van der Waals surface area contributed by atoms with Gasteiger partial charge in [-0.15, -0.1) is 0 Å². The lowest BCUT2D eigenvalue weighted by atomic mass is 9.99. The van der Waals surface area contributed by atoms with Crippen molar-refractivity contribution in [2.75, 3.05) is 13.1 Å². The molecule has 6 heteroatoms. The Morgan fingerprint density at radius 2 is 2.00 bits per heavy atom. The fourth-order valence-corrected chi connectivity index (χ4v) is 2.73. The lowest BCUT2D eigenvalue weighted by molar-refractivity contribution is 0.117. The maximum atomic E-state index is 5.38. The maximum Gasteiger partial charge on any atom is 0.232 e. The van der Waals surface area contributed by atoms with Gasteiger partial charge in [0.2, 0.25) is 11.7 Å². The summed E-state index contributed by atoms with van der Waals surface area (Å²) in [5, 5.41) is 4.00. The minimum atomic E-state index is 0.304. The predicted octanol–water partition coefficient (Wildman–Crippen LogP) is 2.43. The van der Waals surface area contributed by atoms with Crippen LogP contribution < -0.4 is 0 Å². The van der Waals surface area contributed by atoms with E-state index in [1.165, 1.54) is 11.1 Å². The molecule has 0 aliphatic carbocycles. The van der Waals surface area contributed by atoms with Gasteiger partial charge in [-0.2, -0.15) is 4.98 Å². The Morgan fingerprint density at radius 1 is 1.17 bits per heavy atom. The summed E-state index contributed by atoms with van der Waals surface area (Å²) >= 11 is 0. The number of likely N-dealkylation sites (tertiary alicyclic amines) is 1. The first-order valence-electron chi connectivity index (χ1n) is 7.66. The fourth-order valence-electron chi connectivity index (χ4n) is 2.73. The molecule has 0 atom stereocenters. The van der Waals surface area contributed by atoms with Gasteiger partial charge < -0.3 is 4.52 Å². The van der Waals surface area contributed by atoms with Crippen molar-refractivity contribution in [2.45, 2.75) is 19.4 Å². The van der Waals surface area contributed by atoms with Crippen LogP contribution in [0.2, 0.25) is 0 Å². The number of hydrogen-bond donors (Lipinski definition) is 0. The van der Waals surface area contributed by atoms with Gasteiger partial charge in [0, 0.05) is 32.0 Å². The summed E-state index contributed by atoms with van der Waals surface area (Å²) in [7, 11) is 0. The number of rotatable bonds is 4. The highest BCUT2D eigenvalue weighted by Gasteiger charge is 2.32. The van der Waals surface area contributed by atoms with E-state index in [4.69, 9.17) is 4.52 Å². The normalized spacial score (nSPS) is 15.5. The zero-order valence-corrected chi connectivity index (χ0v) is 12.9. The third-order valence-corrected chi connectivity index (χ3v) is 4.07. The SMILES string of the molecule is Cc1ccc(CN2CC(c3nc(-c4cnccn4)no3)C2)cc1. The van der Waals surface area contributed by atoms with Gasteiger partial charge in [-0.3, -0.25) is 9.88 Å². The molecule has 3 aromatic rings. The molecule has 3 heterocycles. The second kappa shape index (κ2) is 5.89. The molecule has 1 aromatic carbocycles. The zero-order valence-electron chi connectivity index (χ0n) is 12.9. The third-order valence-electron chi connectivity index (χ3n) is 4.07. The van der Waals surface area contributed by atoms with Crippen molar-refractivity contribution in [3.8, 4) is 11.5 Å². The smallest absolute Gasteiger partial charge is 0.232 e. The van der Waals surface area contributed by atoms with E-state index >= 15 is 0 Å². The molecular formula is C17H17N5O. The molecule has 0 amide bonds. The average Bonchev–Trinajstić information content (AvgIpc) is 3.02. The number of nitrogens with zero attached hydrogens (tertiary/aromatic N) is 5. The molecule has 0 saturated carbocycles. The molecule has 0 radical (unpaired) electrons. The standard InChI is InChI=1S/C17H17N5O/c1-12-2-4-13(5-3-12)9-22-10-14(11-22)17-20-16(21-23-17)15-8-18-6-7-19-15/h2-8,14H,9-11H2,1H3. The average molecular weight is 307 g/mol. The van der Waals surface area contributed by atoms with E-state index in [-0.39, 0.29) is 0 Å². The van der Waals surface area contributed by atoms with Crippen molar-refractivity contribution in [1.82, 2.24) is 25.0 Å². The van der Waals surface area contributed by atoms with E-state index in [2.05, 4.69) is 56.2 Å². The highest BCUT2D eigenvalue weighted by atomic mass is 16.5. The van der Waals surface area contributed by atoms with E-state index in [1.54, 1.807) is 18.6 Å². The minimum Gasteiger partial charge on any atom is -0.339 e. The first-order chi connectivity index (χ1) is 11.3. The number of aromatic nitrogens is 4. The third kappa shape index (κ3) is 2.98. The molecule has 2 aromatic heterocycles. The topological polar surface area (TPSA) is 67.9 Å². The summed E-state index contributed by atoms with van der Waals surface area (Å²) in [5.41, 5.74) is 3.26. The van der Waals surface area contributed by atoms with E-state index < -0.39 is 0 Å². The Labute approximate surface area is 134 Å². The van der Waals surface area contributed by atoms with Gasteiger partial charge in [0.25, 0.3) is 0 Å². The molecule has 23 heavy (non-hydrogen) atoms. The van der Waals surface area contributed by atoms with E-state index in [1.807, 2.05) is 0 Å². The molecule has 1 saturated heterocycles. The lowest BCUT2D eigenvalue weighted by Crippen LogP contribution is -2.44. The lowest BCUT2D eigenvalue weighted by Gasteiger charge is -2.37. The van der Waals surface area contributed by atoms with Crippen molar-refractivity contribution in [2.24, 2.45) is 0 Å². The predicted molar refractivity (Wildman–Crippen MR) is 84.5 cm³/mol. The van der Waals surface area contributed by atoms with Crippen LogP contribution in [0.25, 0.3) is 11.5 Å². The van der Waals surface area contributed by atoms with Crippen LogP contribution in [0.1, 0.15) is 22.9 Å². The summed E-state index contributed by atoms with van der Waals surface area (Å²) in [6.07, 6.45) is 4.89. The van der Waals surface area contributed by atoms with Crippen LogP contribution in [0.3, 0.4) is 0 Å². The first-order valence-corrected chi connectivity index (χ1v) is 7.66. The largest absolute Gasteiger partial charge is 0.339 e. The van der Waals surface area contributed by atoms with Crippen LogP contribution >= 0.6 is 0 Å². The Hall–Kier alpha value is -2.60. The Kier molecular flexibility index (Phi) is 3.59. The molecule has 6 nitrogen and oxygen atoms in total. The van der Waals surface area contributed by atoms with Crippen molar-refractivity contribution >= 4 is 0 Å². The van der Waals surface area contributed by atoms with Crippen molar-refractivity contribution in [3.63, 3.8) is 0 Å². The summed E-state index contributed by atoms with van der Waals surface area (Å²) in [6.45, 7) is 4.95. The van der Waals surface area contributed by atoms with Crippen molar-refractivity contribution in [3.05, 3.63) is 59.9 Å². The molecule has 1 fully saturated rings. The number of benzene rings is 1. The molecule has 0 bridgehead atoms. The van der Waals surface area contributed by atoms with Crippen LogP contribution in [-0.2, 0) is 6.54 Å². The monoisotopic (exact) mass is 307 g/mol. The fraction of sp³-hybridized carbons (Fsp3) is 0.294. The molecule has 0 spiro atoms. The number of hydrogen-bond acceptors (Lipinski definition) is 6. The second-order valence-corrected chi connectivity index (χ2v) is 5.92. The second-order valence-electron chi connectivity index (χ2n) is 5.92. The van der Waals surface area contributed by atoms with Crippen LogP contribution in [0.5, 0.6) is 0 Å². The Morgan fingerprint density at radius 3 is 2.74 bits per heavy atom. The van der Waals surface area contributed by atoms with Gasteiger partial charge >= 0.3 is 0 Å². The first kappa shape index (κ1) is 14.0.